The zero-order valence-corrected chi connectivity index (χ0v) is 9.30. The average molecular weight is 239 g/mol. The maximum absolute atomic E-state index is 11.2. The third kappa shape index (κ3) is 4.94. The van der Waals surface area contributed by atoms with Crippen LogP contribution in [0.15, 0.2) is 27.9 Å². The molecule has 0 saturated carbocycles. The van der Waals surface area contributed by atoms with E-state index in [-0.39, 0.29) is 6.54 Å². The molecular formula is C10H13N3O4. The van der Waals surface area contributed by atoms with E-state index in [1.54, 1.807) is 12.1 Å². The summed E-state index contributed by atoms with van der Waals surface area (Å²) >= 11 is 0. The lowest BCUT2D eigenvalue weighted by Crippen LogP contribution is -2.39. The van der Waals surface area contributed by atoms with Gasteiger partial charge in [-0.25, -0.2) is 5.43 Å². The van der Waals surface area contributed by atoms with Gasteiger partial charge in [-0.05, 0) is 12.1 Å². The molecular weight excluding hydrogens is 226 g/mol. The predicted octanol–water partition coefficient (Wildman–Crippen LogP) is -0.508. The summed E-state index contributed by atoms with van der Waals surface area (Å²) < 4.78 is 9.65. The highest BCUT2D eigenvalue weighted by atomic mass is 16.5. The van der Waals surface area contributed by atoms with E-state index in [1.165, 1.54) is 19.6 Å². The molecule has 7 nitrogen and oxygen atoms in total. The summed E-state index contributed by atoms with van der Waals surface area (Å²) in [7, 11) is 1.50. The third-order valence-corrected chi connectivity index (χ3v) is 1.70. The van der Waals surface area contributed by atoms with Gasteiger partial charge >= 0.3 is 11.8 Å². The number of furan rings is 1. The topological polar surface area (TPSA) is 92.9 Å². The number of hydrogen-bond acceptors (Lipinski definition) is 5. The number of hydrazone groups is 1. The van der Waals surface area contributed by atoms with Crippen molar-refractivity contribution in [2.24, 2.45) is 5.10 Å². The Bertz CT molecular complexity index is 386. The van der Waals surface area contributed by atoms with Gasteiger partial charge in [0.25, 0.3) is 0 Å². The van der Waals surface area contributed by atoms with Crippen LogP contribution in [-0.2, 0) is 14.3 Å². The van der Waals surface area contributed by atoms with E-state index >= 15 is 0 Å². The van der Waals surface area contributed by atoms with E-state index in [4.69, 9.17) is 9.15 Å². The first-order valence-corrected chi connectivity index (χ1v) is 4.87. The lowest BCUT2D eigenvalue weighted by atomic mass is 10.5. The standard InChI is InChI=1S/C10H13N3O4/c1-16-6-4-11-9(14)10(15)13-12-7-8-3-2-5-17-8/h2-3,5,7H,4,6H2,1H3,(H,11,14)(H,13,15)/b12-7+. The van der Waals surface area contributed by atoms with Crippen molar-refractivity contribution in [3.05, 3.63) is 24.2 Å². The van der Waals surface area contributed by atoms with E-state index in [9.17, 15) is 9.59 Å². The first-order valence-electron chi connectivity index (χ1n) is 4.87. The molecule has 0 saturated heterocycles. The zero-order chi connectivity index (χ0) is 12.5. The minimum absolute atomic E-state index is 0.269. The molecule has 2 amide bonds. The van der Waals surface area contributed by atoms with E-state index in [1.807, 2.05) is 0 Å². The van der Waals surface area contributed by atoms with Crippen molar-refractivity contribution >= 4 is 18.0 Å². The van der Waals surface area contributed by atoms with Crippen LogP contribution in [0, 0.1) is 0 Å². The number of rotatable bonds is 5. The zero-order valence-electron chi connectivity index (χ0n) is 9.30. The summed E-state index contributed by atoms with van der Waals surface area (Å²) in [6.07, 6.45) is 2.76. The van der Waals surface area contributed by atoms with Crippen LogP contribution in [0.2, 0.25) is 0 Å². The monoisotopic (exact) mass is 239 g/mol. The van der Waals surface area contributed by atoms with Crippen LogP contribution in [0.1, 0.15) is 5.76 Å². The minimum Gasteiger partial charge on any atom is -0.463 e. The Balaban J connectivity index is 2.27. The van der Waals surface area contributed by atoms with Gasteiger partial charge < -0.3 is 14.5 Å². The molecule has 2 N–H and O–H groups in total. The molecule has 0 unspecified atom stereocenters. The lowest BCUT2D eigenvalue weighted by Gasteiger charge is -2.01. The maximum Gasteiger partial charge on any atom is 0.329 e. The molecule has 0 atom stereocenters. The highest BCUT2D eigenvalue weighted by Crippen LogP contribution is 1.94. The second-order valence-corrected chi connectivity index (χ2v) is 2.96. The molecule has 7 heteroatoms. The molecule has 0 fully saturated rings. The van der Waals surface area contributed by atoms with Gasteiger partial charge in [-0.3, -0.25) is 9.59 Å². The molecule has 0 aromatic carbocycles. The molecule has 1 rings (SSSR count). The Morgan fingerprint density at radius 1 is 1.53 bits per heavy atom. The molecule has 0 radical (unpaired) electrons. The van der Waals surface area contributed by atoms with Crippen molar-refractivity contribution in [2.45, 2.75) is 0 Å². The largest absolute Gasteiger partial charge is 0.463 e. The second-order valence-electron chi connectivity index (χ2n) is 2.96. The summed E-state index contributed by atoms with van der Waals surface area (Å²) in [6.45, 7) is 0.610. The number of nitrogens with one attached hydrogen (secondary N) is 2. The fraction of sp³-hybridized carbons (Fsp3) is 0.300. The van der Waals surface area contributed by atoms with Crippen molar-refractivity contribution in [3.8, 4) is 0 Å². The van der Waals surface area contributed by atoms with Gasteiger partial charge in [0.2, 0.25) is 0 Å². The number of hydrogen-bond donors (Lipinski definition) is 2. The molecule has 92 valence electrons. The maximum atomic E-state index is 11.2. The summed E-state index contributed by atoms with van der Waals surface area (Å²) in [5, 5.41) is 5.91. The SMILES string of the molecule is COCCNC(=O)C(=O)N/N=C/c1ccco1. The van der Waals surface area contributed by atoms with E-state index in [0.29, 0.717) is 12.4 Å². The number of carbonyl (C=O) groups excluding carboxylic acids is 2. The van der Waals surface area contributed by atoms with Gasteiger partial charge in [-0.15, -0.1) is 0 Å². The molecule has 0 aliphatic rings. The molecule has 0 aliphatic heterocycles. The highest BCUT2D eigenvalue weighted by molar-refractivity contribution is 6.35. The normalized spacial score (nSPS) is 10.4. The summed E-state index contributed by atoms with van der Waals surface area (Å²) in [5.41, 5.74) is 2.07. The first kappa shape index (κ1) is 12.9. The van der Waals surface area contributed by atoms with Crippen LogP contribution in [0.5, 0.6) is 0 Å². The number of amides is 2. The van der Waals surface area contributed by atoms with Crippen LogP contribution in [0.4, 0.5) is 0 Å². The van der Waals surface area contributed by atoms with Gasteiger partial charge in [-0.1, -0.05) is 0 Å². The molecule has 0 bridgehead atoms. The van der Waals surface area contributed by atoms with Gasteiger partial charge in [0.1, 0.15) is 5.76 Å². The van der Waals surface area contributed by atoms with Crippen molar-refractivity contribution in [1.29, 1.82) is 0 Å². The molecule has 1 aromatic rings. The molecule has 17 heavy (non-hydrogen) atoms. The number of methoxy groups -OCH3 is 1. The van der Waals surface area contributed by atoms with Crippen LogP contribution < -0.4 is 10.7 Å². The van der Waals surface area contributed by atoms with Gasteiger partial charge in [0.15, 0.2) is 0 Å². The highest BCUT2D eigenvalue weighted by Gasteiger charge is 2.10. The first-order chi connectivity index (χ1) is 8.24. The molecule has 0 aliphatic carbocycles. The van der Waals surface area contributed by atoms with Gasteiger partial charge in [-0.2, -0.15) is 5.10 Å². The Labute approximate surface area is 97.8 Å². The fourth-order valence-corrected chi connectivity index (χ4v) is 0.917. The van der Waals surface area contributed by atoms with Crippen LogP contribution >= 0.6 is 0 Å². The van der Waals surface area contributed by atoms with Gasteiger partial charge in [0.05, 0.1) is 19.1 Å². The third-order valence-electron chi connectivity index (χ3n) is 1.70. The Morgan fingerprint density at radius 2 is 2.35 bits per heavy atom. The summed E-state index contributed by atoms with van der Waals surface area (Å²) in [5.74, 6) is -1.13. The number of ether oxygens (including phenoxy) is 1. The summed E-state index contributed by atoms with van der Waals surface area (Å²) in [6, 6.07) is 3.34. The molecule has 1 heterocycles. The fourth-order valence-electron chi connectivity index (χ4n) is 0.917. The van der Waals surface area contributed by atoms with Crippen molar-refractivity contribution < 1.29 is 18.7 Å². The molecule has 0 spiro atoms. The Kier molecular flexibility index (Phi) is 5.45. The Morgan fingerprint density at radius 3 is 3.00 bits per heavy atom. The predicted molar refractivity (Wildman–Crippen MR) is 59.3 cm³/mol. The van der Waals surface area contributed by atoms with Crippen molar-refractivity contribution in [1.82, 2.24) is 10.7 Å². The van der Waals surface area contributed by atoms with Crippen molar-refractivity contribution in [3.63, 3.8) is 0 Å². The number of carbonyl (C=O) groups is 2. The number of nitrogens with zero attached hydrogens (tertiary/aromatic N) is 1. The minimum atomic E-state index is -0.844. The van der Waals surface area contributed by atoms with Gasteiger partial charge in [0, 0.05) is 13.7 Å². The smallest absolute Gasteiger partial charge is 0.329 e. The van der Waals surface area contributed by atoms with E-state index in [2.05, 4.69) is 15.8 Å². The van der Waals surface area contributed by atoms with Crippen LogP contribution in [0.25, 0.3) is 0 Å². The Hall–Kier alpha value is -2.15. The second kappa shape index (κ2) is 7.18. The quantitative estimate of drug-likeness (QED) is 0.313. The lowest BCUT2D eigenvalue weighted by molar-refractivity contribution is -0.139. The average Bonchev–Trinajstić information content (AvgIpc) is 2.82. The van der Waals surface area contributed by atoms with Crippen molar-refractivity contribution in [2.75, 3.05) is 20.3 Å². The van der Waals surface area contributed by atoms with E-state index < -0.39 is 11.8 Å². The van der Waals surface area contributed by atoms with Crippen LogP contribution in [0.3, 0.4) is 0 Å². The molecule has 1 aromatic heterocycles. The summed E-state index contributed by atoms with van der Waals surface area (Å²) in [4.78, 5) is 22.3. The van der Waals surface area contributed by atoms with Crippen LogP contribution in [-0.4, -0.2) is 38.3 Å². The van der Waals surface area contributed by atoms with E-state index in [0.717, 1.165) is 0 Å².